The monoisotopic (exact) mass is 342 g/mol. The van der Waals surface area contributed by atoms with Crippen LogP contribution < -0.4 is 4.90 Å². The SMILES string of the molecule is O=C(C1CC1c1ccc(F)cc1)N1CCN(c2ccccc2F)CC1. The number of halogens is 2. The number of piperazine rings is 1. The summed E-state index contributed by atoms with van der Waals surface area (Å²) in [4.78, 5) is 16.6. The molecule has 2 aromatic rings. The van der Waals surface area contributed by atoms with Crippen LogP contribution in [0.5, 0.6) is 0 Å². The quantitative estimate of drug-likeness (QED) is 0.853. The van der Waals surface area contributed by atoms with E-state index in [0.717, 1.165) is 12.0 Å². The van der Waals surface area contributed by atoms with Crippen molar-refractivity contribution in [3.05, 3.63) is 65.7 Å². The van der Waals surface area contributed by atoms with Crippen molar-refractivity contribution in [2.75, 3.05) is 31.1 Å². The Hall–Kier alpha value is -2.43. The highest BCUT2D eigenvalue weighted by atomic mass is 19.1. The molecule has 0 aromatic heterocycles. The number of rotatable bonds is 3. The predicted octanol–water partition coefficient (Wildman–Crippen LogP) is 3.42. The van der Waals surface area contributed by atoms with E-state index < -0.39 is 0 Å². The highest BCUT2D eigenvalue weighted by Gasteiger charge is 2.46. The van der Waals surface area contributed by atoms with Crippen molar-refractivity contribution in [2.24, 2.45) is 5.92 Å². The minimum atomic E-state index is -0.253. The van der Waals surface area contributed by atoms with Gasteiger partial charge in [0.1, 0.15) is 11.6 Å². The summed E-state index contributed by atoms with van der Waals surface area (Å²) in [6.45, 7) is 2.50. The van der Waals surface area contributed by atoms with E-state index in [2.05, 4.69) is 0 Å². The molecule has 4 rings (SSSR count). The summed E-state index contributed by atoms with van der Waals surface area (Å²) in [5.74, 6) is -0.0944. The molecule has 1 amide bonds. The highest BCUT2D eigenvalue weighted by molar-refractivity contribution is 5.83. The van der Waals surface area contributed by atoms with Crippen LogP contribution in [0.3, 0.4) is 0 Å². The topological polar surface area (TPSA) is 23.6 Å². The van der Waals surface area contributed by atoms with Gasteiger partial charge in [0.15, 0.2) is 0 Å². The number of carbonyl (C=O) groups is 1. The van der Waals surface area contributed by atoms with Gasteiger partial charge in [0, 0.05) is 32.1 Å². The molecule has 3 nitrogen and oxygen atoms in total. The van der Waals surface area contributed by atoms with Gasteiger partial charge >= 0.3 is 0 Å². The van der Waals surface area contributed by atoms with Crippen LogP contribution in [0.1, 0.15) is 17.9 Å². The van der Waals surface area contributed by atoms with Gasteiger partial charge in [-0.3, -0.25) is 4.79 Å². The van der Waals surface area contributed by atoms with E-state index in [1.165, 1.54) is 18.2 Å². The number of benzene rings is 2. The fraction of sp³-hybridized carbons (Fsp3) is 0.350. The fourth-order valence-corrected chi connectivity index (χ4v) is 3.66. The smallest absolute Gasteiger partial charge is 0.226 e. The molecule has 5 heteroatoms. The second kappa shape index (κ2) is 6.47. The van der Waals surface area contributed by atoms with E-state index in [0.29, 0.717) is 31.9 Å². The first-order valence-corrected chi connectivity index (χ1v) is 8.67. The fourth-order valence-electron chi connectivity index (χ4n) is 3.66. The Morgan fingerprint density at radius 2 is 1.60 bits per heavy atom. The van der Waals surface area contributed by atoms with Crippen molar-refractivity contribution in [1.29, 1.82) is 0 Å². The van der Waals surface area contributed by atoms with Gasteiger partial charge in [-0.25, -0.2) is 8.78 Å². The Morgan fingerprint density at radius 1 is 0.920 bits per heavy atom. The molecule has 130 valence electrons. The van der Waals surface area contributed by atoms with Crippen LogP contribution in [-0.2, 0) is 4.79 Å². The Kier molecular flexibility index (Phi) is 4.15. The number of amides is 1. The molecule has 2 unspecified atom stereocenters. The minimum absolute atomic E-state index is 0.00507. The Morgan fingerprint density at radius 3 is 2.28 bits per heavy atom. The lowest BCUT2D eigenvalue weighted by Gasteiger charge is -2.36. The molecule has 25 heavy (non-hydrogen) atoms. The second-order valence-electron chi connectivity index (χ2n) is 6.76. The molecule has 2 aromatic carbocycles. The van der Waals surface area contributed by atoms with E-state index in [-0.39, 0.29) is 29.4 Å². The zero-order chi connectivity index (χ0) is 17.4. The van der Waals surface area contributed by atoms with Gasteiger partial charge in [0.2, 0.25) is 5.91 Å². The average Bonchev–Trinajstić information content (AvgIpc) is 3.43. The van der Waals surface area contributed by atoms with Gasteiger partial charge in [-0.05, 0) is 42.2 Å². The lowest BCUT2D eigenvalue weighted by molar-refractivity contribution is -0.132. The van der Waals surface area contributed by atoms with Gasteiger partial charge in [-0.15, -0.1) is 0 Å². The molecule has 1 heterocycles. The molecule has 0 radical (unpaired) electrons. The Bertz CT molecular complexity index is 770. The van der Waals surface area contributed by atoms with E-state index in [9.17, 15) is 13.6 Å². The summed E-state index contributed by atoms with van der Waals surface area (Å²) in [5.41, 5.74) is 1.63. The molecule has 1 aliphatic heterocycles. The van der Waals surface area contributed by atoms with Crippen LogP contribution in [-0.4, -0.2) is 37.0 Å². The molecule has 1 aliphatic carbocycles. The molecule has 1 saturated heterocycles. The third-order valence-electron chi connectivity index (χ3n) is 5.19. The zero-order valence-corrected chi connectivity index (χ0v) is 13.9. The van der Waals surface area contributed by atoms with Crippen molar-refractivity contribution in [3.8, 4) is 0 Å². The van der Waals surface area contributed by atoms with Crippen molar-refractivity contribution in [3.63, 3.8) is 0 Å². The number of para-hydroxylation sites is 1. The van der Waals surface area contributed by atoms with Crippen molar-refractivity contribution in [1.82, 2.24) is 4.90 Å². The van der Waals surface area contributed by atoms with Crippen molar-refractivity contribution < 1.29 is 13.6 Å². The van der Waals surface area contributed by atoms with Gasteiger partial charge in [-0.1, -0.05) is 24.3 Å². The molecule has 2 aliphatic rings. The van der Waals surface area contributed by atoms with E-state index >= 15 is 0 Å². The first-order valence-electron chi connectivity index (χ1n) is 8.67. The number of hydrogen-bond acceptors (Lipinski definition) is 2. The molecule has 0 spiro atoms. The number of carbonyl (C=O) groups excluding carboxylic acids is 1. The molecule has 0 bridgehead atoms. The van der Waals surface area contributed by atoms with E-state index in [1.54, 1.807) is 24.3 Å². The first kappa shape index (κ1) is 16.1. The van der Waals surface area contributed by atoms with Gasteiger partial charge in [-0.2, -0.15) is 0 Å². The number of anilines is 1. The minimum Gasteiger partial charge on any atom is -0.366 e. The molecule has 1 saturated carbocycles. The Labute approximate surface area is 145 Å². The second-order valence-corrected chi connectivity index (χ2v) is 6.76. The maximum absolute atomic E-state index is 13.9. The average molecular weight is 342 g/mol. The molecule has 2 atom stereocenters. The summed E-state index contributed by atoms with van der Waals surface area (Å²) in [5, 5.41) is 0. The molecular formula is C20H20F2N2O. The highest BCUT2D eigenvalue weighted by Crippen LogP contribution is 2.48. The zero-order valence-electron chi connectivity index (χ0n) is 13.9. The first-order chi connectivity index (χ1) is 12.1. The summed E-state index contributed by atoms with van der Waals surface area (Å²) >= 11 is 0. The van der Waals surface area contributed by atoms with Crippen molar-refractivity contribution >= 4 is 11.6 Å². The normalized spacial score (nSPS) is 22.8. The third-order valence-corrected chi connectivity index (χ3v) is 5.19. The molecule has 2 fully saturated rings. The van der Waals surface area contributed by atoms with Crippen LogP contribution in [0, 0.1) is 17.6 Å². The van der Waals surface area contributed by atoms with Crippen LogP contribution in [0.4, 0.5) is 14.5 Å². The van der Waals surface area contributed by atoms with Gasteiger partial charge < -0.3 is 9.80 Å². The van der Waals surface area contributed by atoms with Crippen LogP contribution in [0.25, 0.3) is 0 Å². The molecular weight excluding hydrogens is 322 g/mol. The molecule has 0 N–H and O–H groups in total. The summed E-state index contributed by atoms with van der Waals surface area (Å²) in [6.07, 6.45) is 0.831. The number of hydrogen-bond donors (Lipinski definition) is 0. The van der Waals surface area contributed by atoms with Crippen LogP contribution in [0.2, 0.25) is 0 Å². The maximum Gasteiger partial charge on any atom is 0.226 e. The third kappa shape index (κ3) is 3.23. The Balaban J connectivity index is 1.35. The summed E-state index contributed by atoms with van der Waals surface area (Å²) in [6, 6.07) is 13.2. The van der Waals surface area contributed by atoms with E-state index in [1.807, 2.05) is 15.9 Å². The summed E-state index contributed by atoms with van der Waals surface area (Å²) < 4.78 is 26.9. The predicted molar refractivity (Wildman–Crippen MR) is 92.4 cm³/mol. The van der Waals surface area contributed by atoms with Crippen LogP contribution >= 0.6 is 0 Å². The van der Waals surface area contributed by atoms with Crippen molar-refractivity contribution in [2.45, 2.75) is 12.3 Å². The standard InChI is InChI=1S/C20H20F2N2O/c21-15-7-5-14(6-8-15)16-13-17(16)20(25)24-11-9-23(10-12-24)19-4-2-1-3-18(19)22/h1-8,16-17H,9-13H2. The van der Waals surface area contributed by atoms with Gasteiger partial charge in [0.25, 0.3) is 0 Å². The lowest BCUT2D eigenvalue weighted by atomic mass is 10.1. The van der Waals surface area contributed by atoms with Gasteiger partial charge in [0.05, 0.1) is 5.69 Å². The van der Waals surface area contributed by atoms with E-state index in [4.69, 9.17) is 0 Å². The maximum atomic E-state index is 13.9. The lowest BCUT2D eigenvalue weighted by Crippen LogP contribution is -2.49. The van der Waals surface area contributed by atoms with Crippen LogP contribution in [0.15, 0.2) is 48.5 Å². The number of nitrogens with zero attached hydrogens (tertiary/aromatic N) is 2. The summed E-state index contributed by atoms with van der Waals surface area (Å²) in [7, 11) is 0. The largest absolute Gasteiger partial charge is 0.366 e.